The van der Waals surface area contributed by atoms with Crippen molar-refractivity contribution in [3.63, 3.8) is 0 Å². The first-order valence-corrected chi connectivity index (χ1v) is 6.71. The van der Waals surface area contributed by atoms with Crippen LogP contribution in [0.5, 0.6) is 0 Å². The molecule has 0 heterocycles. The molecule has 0 saturated heterocycles. The van der Waals surface area contributed by atoms with Crippen LogP contribution in [0.1, 0.15) is 45.4 Å². The van der Waals surface area contributed by atoms with Crippen molar-refractivity contribution in [2.75, 3.05) is 13.2 Å². The lowest BCUT2D eigenvalue weighted by Gasteiger charge is -2.07. The zero-order valence-electron chi connectivity index (χ0n) is 12.2. The molecule has 0 aromatic rings. The first-order valence-electron chi connectivity index (χ1n) is 6.71. The van der Waals surface area contributed by atoms with E-state index in [2.05, 4.69) is 4.74 Å². The van der Waals surface area contributed by atoms with Crippen molar-refractivity contribution in [3.05, 3.63) is 0 Å². The summed E-state index contributed by atoms with van der Waals surface area (Å²) in [6.07, 6.45) is 1.10. The molecule has 4 N–H and O–H groups in total. The summed E-state index contributed by atoms with van der Waals surface area (Å²) >= 11 is 0. The molecule has 0 rings (SSSR count). The second-order valence-corrected chi connectivity index (χ2v) is 4.23. The Labute approximate surface area is 123 Å². The fourth-order valence-corrected chi connectivity index (χ4v) is 1.08. The number of aliphatic hydroxyl groups is 2. The van der Waals surface area contributed by atoms with Gasteiger partial charge in [-0.1, -0.05) is 0 Å². The van der Waals surface area contributed by atoms with E-state index >= 15 is 0 Å². The predicted molar refractivity (Wildman–Crippen MR) is 72.7 cm³/mol. The lowest BCUT2D eigenvalue weighted by atomic mass is 10.2. The summed E-state index contributed by atoms with van der Waals surface area (Å²) in [4.78, 5) is 31.4. The fourth-order valence-electron chi connectivity index (χ4n) is 1.08. The molecule has 0 saturated carbocycles. The minimum atomic E-state index is -1.20. The molecule has 0 aliphatic carbocycles. The molecule has 124 valence electrons. The summed E-state index contributed by atoms with van der Waals surface area (Å²) in [5, 5.41) is 32.9. The maximum atomic E-state index is 11.0. The molecule has 1 atom stereocenters. The van der Waals surface area contributed by atoms with E-state index in [0.29, 0.717) is 12.8 Å². The number of hydrogen-bond acceptors (Lipinski definition) is 6. The zero-order valence-corrected chi connectivity index (χ0v) is 12.2. The van der Waals surface area contributed by atoms with Gasteiger partial charge in [-0.25, -0.2) is 4.79 Å². The Kier molecular flexibility index (Phi) is 15.2. The van der Waals surface area contributed by atoms with Crippen LogP contribution in [-0.4, -0.2) is 57.7 Å². The highest BCUT2D eigenvalue weighted by Gasteiger charge is 2.15. The smallest absolute Gasteiger partial charge is 0.344 e. The summed E-state index contributed by atoms with van der Waals surface area (Å²) in [5.74, 6) is -2.73. The first kappa shape index (κ1) is 21.6. The molecule has 21 heavy (non-hydrogen) atoms. The highest BCUT2D eigenvalue weighted by molar-refractivity contribution is 5.77. The number of carboxylic acid groups (broad SMARTS) is 2. The van der Waals surface area contributed by atoms with E-state index in [9.17, 15) is 14.4 Å². The van der Waals surface area contributed by atoms with E-state index in [1.807, 2.05) is 0 Å². The van der Waals surface area contributed by atoms with Gasteiger partial charge in [-0.3, -0.25) is 9.59 Å². The number of esters is 1. The van der Waals surface area contributed by atoms with Crippen LogP contribution in [0.3, 0.4) is 0 Å². The average molecular weight is 308 g/mol. The average Bonchev–Trinajstić information content (AvgIpc) is 2.41. The standard InChI is InChI=1S/C9H14O6.C4H10O2/c1-6(9(13)14)15-8(12)5-3-2-4-7(10)11;5-3-1-2-4-6/h6H,2-5H2,1H3,(H,10,11)(H,13,14);5-6H,1-4H2. The van der Waals surface area contributed by atoms with Crippen LogP contribution in [0.25, 0.3) is 0 Å². The third-order valence-corrected chi connectivity index (χ3v) is 2.24. The fraction of sp³-hybridized carbons (Fsp3) is 0.769. The zero-order chi connectivity index (χ0) is 16.7. The number of carbonyl (C=O) groups excluding carboxylic acids is 1. The van der Waals surface area contributed by atoms with Crippen molar-refractivity contribution in [1.29, 1.82) is 0 Å². The molecule has 0 aliphatic rings. The molecule has 0 aromatic carbocycles. The Hall–Kier alpha value is -1.67. The van der Waals surface area contributed by atoms with Gasteiger partial charge in [0.1, 0.15) is 0 Å². The van der Waals surface area contributed by atoms with Gasteiger partial charge < -0.3 is 25.2 Å². The van der Waals surface area contributed by atoms with E-state index in [1.54, 1.807) is 0 Å². The normalized spacial score (nSPS) is 11.0. The Morgan fingerprint density at radius 1 is 0.905 bits per heavy atom. The predicted octanol–water partition coefficient (Wildman–Crippen LogP) is 0.399. The summed E-state index contributed by atoms with van der Waals surface area (Å²) in [6, 6.07) is 0. The van der Waals surface area contributed by atoms with Gasteiger partial charge in [0.05, 0.1) is 0 Å². The quantitative estimate of drug-likeness (QED) is 0.335. The summed E-state index contributed by atoms with van der Waals surface area (Å²) in [7, 11) is 0. The number of carboxylic acids is 2. The molecule has 8 heteroatoms. The molecule has 0 fully saturated rings. The van der Waals surface area contributed by atoms with Crippen molar-refractivity contribution in [2.45, 2.75) is 51.6 Å². The van der Waals surface area contributed by atoms with Crippen molar-refractivity contribution in [3.8, 4) is 0 Å². The van der Waals surface area contributed by atoms with Crippen molar-refractivity contribution in [2.24, 2.45) is 0 Å². The van der Waals surface area contributed by atoms with Gasteiger partial charge in [-0.2, -0.15) is 0 Å². The van der Waals surface area contributed by atoms with Gasteiger partial charge in [0.25, 0.3) is 0 Å². The third kappa shape index (κ3) is 18.3. The topological polar surface area (TPSA) is 141 Å². The van der Waals surface area contributed by atoms with Crippen LogP contribution in [0.4, 0.5) is 0 Å². The third-order valence-electron chi connectivity index (χ3n) is 2.24. The molecule has 1 unspecified atom stereocenters. The summed E-state index contributed by atoms with van der Waals surface area (Å²) < 4.78 is 4.53. The van der Waals surface area contributed by atoms with Gasteiger partial charge in [-0.05, 0) is 32.6 Å². The molecule has 0 aromatic heterocycles. The van der Waals surface area contributed by atoms with E-state index in [0.717, 1.165) is 12.8 Å². The van der Waals surface area contributed by atoms with Crippen LogP contribution < -0.4 is 0 Å². The molecule has 8 nitrogen and oxygen atoms in total. The van der Waals surface area contributed by atoms with Gasteiger partial charge in [0.2, 0.25) is 0 Å². The monoisotopic (exact) mass is 308 g/mol. The maximum Gasteiger partial charge on any atom is 0.344 e. The number of carbonyl (C=O) groups is 3. The van der Waals surface area contributed by atoms with Gasteiger partial charge in [-0.15, -0.1) is 0 Å². The van der Waals surface area contributed by atoms with Crippen LogP contribution in [0.2, 0.25) is 0 Å². The van der Waals surface area contributed by atoms with Crippen LogP contribution in [-0.2, 0) is 19.1 Å². The maximum absolute atomic E-state index is 11.0. The first-order chi connectivity index (χ1) is 9.84. The second-order valence-electron chi connectivity index (χ2n) is 4.23. The van der Waals surface area contributed by atoms with E-state index < -0.39 is 24.0 Å². The van der Waals surface area contributed by atoms with Crippen molar-refractivity contribution < 1.29 is 39.5 Å². The number of hydrogen-bond donors (Lipinski definition) is 4. The molecular weight excluding hydrogens is 284 g/mol. The highest BCUT2D eigenvalue weighted by atomic mass is 16.6. The molecule has 0 aliphatic heterocycles. The minimum absolute atomic E-state index is 0.00175. The SMILES string of the molecule is CC(OC(=O)CCCCC(=O)O)C(=O)O.OCCCCO. The Balaban J connectivity index is 0. The van der Waals surface area contributed by atoms with E-state index in [1.165, 1.54) is 6.92 Å². The number of aliphatic hydroxyl groups excluding tert-OH is 2. The van der Waals surface area contributed by atoms with Gasteiger partial charge in [0, 0.05) is 26.1 Å². The molecule has 0 amide bonds. The second kappa shape index (κ2) is 14.7. The minimum Gasteiger partial charge on any atom is -0.481 e. The number of unbranched alkanes of at least 4 members (excludes halogenated alkanes) is 2. The number of aliphatic carboxylic acids is 2. The number of rotatable bonds is 10. The van der Waals surface area contributed by atoms with Gasteiger partial charge in [0.15, 0.2) is 6.10 Å². The van der Waals surface area contributed by atoms with E-state index in [4.69, 9.17) is 20.4 Å². The van der Waals surface area contributed by atoms with Gasteiger partial charge >= 0.3 is 17.9 Å². The van der Waals surface area contributed by atoms with Crippen LogP contribution >= 0.6 is 0 Å². The van der Waals surface area contributed by atoms with Crippen molar-refractivity contribution in [1.82, 2.24) is 0 Å². The molecular formula is C13H24O8. The molecule has 0 bridgehead atoms. The summed E-state index contributed by atoms with van der Waals surface area (Å²) in [6.45, 7) is 1.65. The van der Waals surface area contributed by atoms with Crippen LogP contribution in [0.15, 0.2) is 0 Å². The molecule has 0 spiro atoms. The lowest BCUT2D eigenvalue weighted by molar-refractivity contribution is -0.162. The Bertz CT molecular complexity index is 299. The van der Waals surface area contributed by atoms with E-state index in [-0.39, 0.29) is 26.1 Å². The Morgan fingerprint density at radius 2 is 1.38 bits per heavy atom. The largest absolute Gasteiger partial charge is 0.481 e. The van der Waals surface area contributed by atoms with Crippen LogP contribution in [0, 0.1) is 0 Å². The Morgan fingerprint density at radius 3 is 1.76 bits per heavy atom. The highest BCUT2D eigenvalue weighted by Crippen LogP contribution is 2.03. The lowest BCUT2D eigenvalue weighted by Crippen LogP contribution is -2.23. The van der Waals surface area contributed by atoms with Crippen molar-refractivity contribution >= 4 is 17.9 Å². The summed E-state index contributed by atoms with van der Waals surface area (Å²) in [5.41, 5.74) is 0. The number of ether oxygens (including phenoxy) is 1. The molecule has 0 radical (unpaired) electrons.